The SMILES string of the molecule is CC[C@H](C)[C@H](NC(C)=O)C(=O)N[C@@H](C)C(=O)N[C@@H](Cc1c[nH]c2ccccc12)C(=O)N[C@H](C(=O)N[C@@H](CCCCN)C(=O)N[C@@H](C)C(=O)N[C@@H](Cc1ccccc1)C(=O)N[C@H](C(=O)N[C@@H](CCCNC(=N)N)C(=O)N[C@@H](CCCCN)C(=O)N[C@@H](CC(C)C)C(=O)N[C@@H](CCCNC(=N)N)C(=O)N[C@@H](CCCCN)C(=O)NCC(=O)N1CCC[C@H]1C(=O)N[C@@H](CC(C)C)C(=O)NCC(N)=O)[C@@H](C)CC)C(C)C. The van der Waals surface area contributed by atoms with Gasteiger partial charge in [-0.15, -0.1) is 0 Å². The van der Waals surface area contributed by atoms with Crippen LogP contribution in [0.2, 0.25) is 0 Å². The quantitative estimate of drug-likeness (QED) is 0.0155. The van der Waals surface area contributed by atoms with Crippen LogP contribution in [0.4, 0.5) is 0 Å². The second-order valence-electron chi connectivity index (χ2n) is 37.7. The second-order valence-corrected chi connectivity index (χ2v) is 37.7. The maximum Gasteiger partial charge on any atom is 0.243 e. The van der Waals surface area contributed by atoms with Crippen molar-refractivity contribution in [2.24, 2.45) is 64.0 Å². The monoisotopic (exact) mass is 1990 g/mol. The van der Waals surface area contributed by atoms with Crippen molar-refractivity contribution >= 4 is 129 Å². The van der Waals surface area contributed by atoms with Crippen LogP contribution in [-0.2, 0) is 99.1 Å². The van der Waals surface area contributed by atoms with Crippen LogP contribution in [0.3, 0.4) is 0 Å². The summed E-state index contributed by atoms with van der Waals surface area (Å²) in [4.78, 5) is 259. The summed E-state index contributed by atoms with van der Waals surface area (Å²) in [5.41, 5.74) is 36.1. The van der Waals surface area contributed by atoms with E-state index >= 15 is 14.4 Å². The van der Waals surface area contributed by atoms with E-state index < -0.39 is 228 Å². The van der Waals surface area contributed by atoms with Crippen molar-refractivity contribution in [3.05, 3.63) is 71.9 Å². The number of nitrogens with two attached hydrogens (primary N) is 6. The van der Waals surface area contributed by atoms with E-state index in [4.69, 9.17) is 45.2 Å². The van der Waals surface area contributed by atoms with Crippen molar-refractivity contribution in [3.63, 3.8) is 0 Å². The number of likely N-dealkylation sites (tertiary alicyclic amines) is 1. The highest BCUT2D eigenvalue weighted by Crippen LogP contribution is 2.23. The molecule has 792 valence electrons. The van der Waals surface area contributed by atoms with E-state index in [1.54, 1.807) is 91.1 Å². The third-order valence-electron chi connectivity index (χ3n) is 24.4. The topological polar surface area (TPSA) is 747 Å². The Kier molecular flexibility index (Phi) is 54.3. The molecule has 0 saturated carbocycles. The van der Waals surface area contributed by atoms with Gasteiger partial charge in [0.15, 0.2) is 11.9 Å². The van der Waals surface area contributed by atoms with Crippen molar-refractivity contribution in [2.45, 2.75) is 315 Å². The van der Waals surface area contributed by atoms with Crippen LogP contribution in [0.25, 0.3) is 10.9 Å². The zero-order valence-electron chi connectivity index (χ0n) is 84.6. The Morgan fingerprint density at radius 1 is 0.394 bits per heavy atom. The molecule has 0 bridgehead atoms. The van der Waals surface area contributed by atoms with Gasteiger partial charge in [-0.2, -0.15) is 0 Å². The maximum atomic E-state index is 15.1. The lowest BCUT2D eigenvalue weighted by Gasteiger charge is -2.30. The first-order valence-corrected chi connectivity index (χ1v) is 49.5. The van der Waals surface area contributed by atoms with E-state index in [2.05, 4.69) is 101 Å². The molecule has 142 heavy (non-hydrogen) atoms. The molecule has 46 heteroatoms. The Morgan fingerprint density at radius 3 is 1.23 bits per heavy atom. The van der Waals surface area contributed by atoms with Gasteiger partial charge in [0.25, 0.3) is 0 Å². The number of H-pyrrole nitrogens is 1. The number of hydrogen-bond donors (Lipinski definition) is 27. The molecule has 1 saturated heterocycles. The summed E-state index contributed by atoms with van der Waals surface area (Å²) in [5, 5.41) is 64.9. The summed E-state index contributed by atoms with van der Waals surface area (Å²) >= 11 is 0. The summed E-state index contributed by atoms with van der Waals surface area (Å²) < 4.78 is 0. The molecular weight excluding hydrogens is 1830 g/mol. The highest BCUT2D eigenvalue weighted by Gasteiger charge is 2.42. The number of carbonyl (C=O) groups is 18. The number of nitrogens with one attached hydrogen (secondary N) is 21. The van der Waals surface area contributed by atoms with Crippen LogP contribution >= 0.6 is 0 Å². The molecule has 33 N–H and O–H groups in total. The number of unbranched alkanes of at least 4 members (excludes halogenated alkanes) is 3. The first-order chi connectivity index (χ1) is 67.3. The average molecular weight is 1990 g/mol. The summed E-state index contributed by atoms with van der Waals surface area (Å²) in [5.74, 6) is -16.8. The highest BCUT2D eigenvalue weighted by atomic mass is 16.2. The van der Waals surface area contributed by atoms with Crippen molar-refractivity contribution in [1.82, 2.24) is 106 Å². The minimum absolute atomic E-state index is 0.00298. The van der Waals surface area contributed by atoms with Gasteiger partial charge >= 0.3 is 0 Å². The molecule has 1 fully saturated rings. The molecule has 2 aromatic carbocycles. The second kappa shape index (κ2) is 63.6. The molecule has 4 rings (SSSR count). The summed E-state index contributed by atoms with van der Waals surface area (Å²) in [6, 6.07) is -4.00. The van der Waals surface area contributed by atoms with Gasteiger partial charge in [-0.3, -0.25) is 97.1 Å². The number of carbonyl (C=O) groups excluding carboxylic acids is 18. The van der Waals surface area contributed by atoms with Crippen LogP contribution < -0.4 is 130 Å². The number of guanidine groups is 2. The number of aromatic amines is 1. The minimum Gasteiger partial charge on any atom is -0.370 e. The van der Waals surface area contributed by atoms with Crippen molar-refractivity contribution < 1.29 is 86.3 Å². The molecular formula is C96H160N28O18. The summed E-state index contributed by atoms with van der Waals surface area (Å²) in [6.07, 6.45) is 4.85. The Bertz CT molecular complexity index is 4670. The Hall–Kier alpha value is -13.1. The number of amides is 18. The van der Waals surface area contributed by atoms with Gasteiger partial charge < -0.3 is 140 Å². The fourth-order valence-corrected chi connectivity index (χ4v) is 16.0. The number of rotatable bonds is 66. The van der Waals surface area contributed by atoms with Gasteiger partial charge in [-0.25, -0.2) is 0 Å². The molecule has 3 aromatic rings. The number of fused-ring (bicyclic) bond motifs is 1. The molecule has 1 aliphatic rings. The molecule has 2 heterocycles. The number of nitrogens with zero attached hydrogens (tertiary/aromatic N) is 1. The van der Waals surface area contributed by atoms with Gasteiger partial charge in [0.2, 0.25) is 106 Å². The van der Waals surface area contributed by atoms with Gasteiger partial charge in [0, 0.05) is 56.5 Å². The van der Waals surface area contributed by atoms with E-state index in [0.29, 0.717) is 56.1 Å². The lowest BCUT2D eigenvalue weighted by Crippen LogP contribution is -2.62. The van der Waals surface area contributed by atoms with E-state index in [-0.39, 0.29) is 153 Å². The van der Waals surface area contributed by atoms with Gasteiger partial charge in [-0.1, -0.05) is 131 Å². The molecule has 0 radical (unpaired) electrons. The Labute approximate surface area is 831 Å². The lowest BCUT2D eigenvalue weighted by molar-refractivity contribution is -0.140. The predicted molar refractivity (Wildman–Crippen MR) is 536 cm³/mol. The van der Waals surface area contributed by atoms with Crippen LogP contribution in [0.5, 0.6) is 0 Å². The van der Waals surface area contributed by atoms with E-state index in [9.17, 15) is 71.9 Å². The van der Waals surface area contributed by atoms with Gasteiger partial charge in [0.05, 0.1) is 13.1 Å². The standard InChI is InChI=1S/C96H160N28O18/c1-14-56(9)78(112-60(13)125)93(141)111-59(12)81(129)119-73(49-62-50-107-64-33-20-19-32-63(62)64)90(138)122-77(55(7)8)92(140)116-66(35-22-25-41-98)84(132)110-58(11)80(128)118-72(48-61-30-17-16-18-31-61)89(137)123-79(57(10)15-2)94(142)117-69(38-28-44-106-96(103)104)86(134)114-67(36-23-26-42-99)87(135)120-71(47-54(5)6)88(136)115-68(37-27-43-105-95(101)102)85(133)113-65(34-21-24-40-97)82(130)109-52-76(127)124-45-29-39-74(124)91(139)121-70(46-53(3)4)83(131)108-51-75(100)126/h16-20,30-33,50,53-59,65-74,77-79,107H,14-15,21-29,34-49,51-52,97-99H2,1-13H3,(H2,100,126)(H,108,131)(H,109,130)(H,110,132)(H,111,141)(H,112,125)(H,113,133)(H,114,134)(H,115,136)(H,116,140)(H,117,142)(H,118,128)(H,119,129)(H,120,135)(H,121,139)(H,122,138)(H,123,137)(H4,101,102,105)(H4,103,104,106)/t56-,57-,58-,59-,65-,66-,67-,68-,69-,70-,71-,72-,73-,74-,77-,78-,79-/m0/s1. The van der Waals surface area contributed by atoms with Gasteiger partial charge in [0.1, 0.15) is 90.6 Å². The molecule has 17 atom stereocenters. The van der Waals surface area contributed by atoms with Crippen molar-refractivity contribution in [3.8, 4) is 0 Å². The van der Waals surface area contributed by atoms with Crippen molar-refractivity contribution in [2.75, 3.05) is 52.4 Å². The molecule has 0 unspecified atom stereocenters. The van der Waals surface area contributed by atoms with Crippen molar-refractivity contribution in [1.29, 1.82) is 10.8 Å². The molecule has 1 aliphatic heterocycles. The molecule has 0 spiro atoms. The number of benzene rings is 2. The Balaban J connectivity index is 1.62. The van der Waals surface area contributed by atoms with Crippen LogP contribution in [0, 0.1) is 40.4 Å². The molecule has 46 nitrogen and oxygen atoms in total. The van der Waals surface area contributed by atoms with Gasteiger partial charge in [-0.05, 0) is 189 Å². The first-order valence-electron chi connectivity index (χ1n) is 49.5. The smallest absolute Gasteiger partial charge is 0.243 e. The Morgan fingerprint density at radius 2 is 0.768 bits per heavy atom. The average Bonchev–Trinajstić information content (AvgIpc) is 1.70. The van der Waals surface area contributed by atoms with Crippen LogP contribution in [0.1, 0.15) is 223 Å². The largest absolute Gasteiger partial charge is 0.370 e. The summed E-state index contributed by atoms with van der Waals surface area (Å²) in [7, 11) is 0. The zero-order chi connectivity index (χ0) is 106. The third kappa shape index (κ3) is 43.1. The zero-order valence-corrected chi connectivity index (χ0v) is 84.6. The maximum absolute atomic E-state index is 15.1. The third-order valence-corrected chi connectivity index (χ3v) is 24.4. The number of primary amides is 1. The molecule has 0 aliphatic carbocycles. The first kappa shape index (κ1) is 121. The number of para-hydroxylation sites is 1. The minimum atomic E-state index is -1.49. The van der Waals surface area contributed by atoms with Crippen LogP contribution in [0.15, 0.2) is 60.8 Å². The fraction of sp³-hybridized carbons (Fsp3) is 0.646. The summed E-state index contributed by atoms with van der Waals surface area (Å²) in [6.45, 7) is 21.3. The molecule has 18 amide bonds. The normalized spacial score (nSPS) is 15.7. The van der Waals surface area contributed by atoms with Crippen LogP contribution in [-0.4, -0.2) is 271 Å². The number of hydrogen-bond acceptors (Lipinski definition) is 23. The predicted octanol–water partition coefficient (Wildman–Crippen LogP) is -2.74. The lowest BCUT2D eigenvalue weighted by atomic mass is 9.96. The number of aromatic nitrogens is 1. The van der Waals surface area contributed by atoms with E-state index in [1.165, 1.54) is 25.7 Å². The van der Waals surface area contributed by atoms with E-state index in [0.717, 1.165) is 10.9 Å². The van der Waals surface area contributed by atoms with E-state index in [1.807, 2.05) is 39.0 Å². The fourth-order valence-electron chi connectivity index (χ4n) is 16.0. The molecule has 1 aromatic heterocycles. The highest BCUT2D eigenvalue weighted by molar-refractivity contribution is 6.02.